The summed E-state index contributed by atoms with van der Waals surface area (Å²) in [4.78, 5) is 11.7. The molecule has 0 radical (unpaired) electrons. The van der Waals surface area contributed by atoms with Gasteiger partial charge < -0.3 is 4.74 Å². The van der Waals surface area contributed by atoms with E-state index in [1.165, 1.54) is 6.07 Å². The van der Waals surface area contributed by atoms with Crippen LogP contribution in [0.2, 0.25) is 5.02 Å². The number of fused-ring (bicyclic) bond motifs is 1. The average molecular weight is 417 g/mol. The molecule has 0 fully saturated rings. The van der Waals surface area contributed by atoms with Crippen molar-refractivity contribution in [1.29, 1.82) is 0 Å². The Morgan fingerprint density at radius 2 is 1.43 bits per heavy atom. The number of hydrogen-bond donors (Lipinski definition) is 0. The molecule has 0 aliphatic rings. The molecule has 0 saturated carbocycles. The van der Waals surface area contributed by atoms with E-state index in [-0.39, 0.29) is 5.82 Å². The highest BCUT2D eigenvalue weighted by Crippen LogP contribution is 2.31. The Labute approximate surface area is 179 Å². The molecule has 0 saturated heterocycles. The number of ether oxygens (including phenoxy) is 1. The monoisotopic (exact) mass is 416 g/mol. The first-order valence-corrected chi connectivity index (χ1v) is 9.76. The van der Waals surface area contributed by atoms with Crippen LogP contribution in [0.25, 0.3) is 33.0 Å². The summed E-state index contributed by atoms with van der Waals surface area (Å²) in [5, 5.41) is 2.50. The fourth-order valence-electron chi connectivity index (χ4n) is 3.22. The van der Waals surface area contributed by atoms with Gasteiger partial charge in [-0.1, -0.05) is 60.6 Å². The van der Waals surface area contributed by atoms with Crippen LogP contribution in [0.3, 0.4) is 0 Å². The first kappa shape index (κ1) is 19.9. The Bertz CT molecular complexity index is 1280. The van der Waals surface area contributed by atoms with Crippen LogP contribution < -0.4 is 4.74 Å². The molecule has 0 aromatic heterocycles. The molecule has 148 valence electrons. The van der Waals surface area contributed by atoms with Crippen molar-refractivity contribution in [2.45, 2.75) is 6.92 Å². The second kappa shape index (κ2) is 8.13. The Kier molecular flexibility index (Phi) is 5.39. The van der Waals surface area contributed by atoms with Crippen molar-refractivity contribution in [3.8, 4) is 28.0 Å². The SMILES string of the molecule is C=C(C)C(=O)Oc1ccc2cc(-c3ccc(-c4ccc(Cl)cc4)c(F)c3)ccc2c1. The first-order chi connectivity index (χ1) is 14.4. The van der Waals surface area contributed by atoms with Crippen LogP contribution in [0.15, 0.2) is 91.0 Å². The second-order valence-electron chi connectivity index (χ2n) is 7.10. The number of carbonyl (C=O) groups excluding carboxylic acids is 1. The average Bonchev–Trinajstić information content (AvgIpc) is 2.74. The van der Waals surface area contributed by atoms with Crippen molar-refractivity contribution in [3.63, 3.8) is 0 Å². The third-order valence-electron chi connectivity index (χ3n) is 4.83. The molecule has 0 aliphatic carbocycles. The van der Waals surface area contributed by atoms with Crippen molar-refractivity contribution >= 4 is 28.3 Å². The van der Waals surface area contributed by atoms with Gasteiger partial charge in [-0.15, -0.1) is 0 Å². The lowest BCUT2D eigenvalue weighted by molar-refractivity contribution is -0.130. The third kappa shape index (κ3) is 4.12. The van der Waals surface area contributed by atoms with Gasteiger partial charge in [0, 0.05) is 16.2 Å². The van der Waals surface area contributed by atoms with E-state index in [1.54, 1.807) is 49.4 Å². The van der Waals surface area contributed by atoms with Gasteiger partial charge in [-0.3, -0.25) is 0 Å². The molecule has 30 heavy (non-hydrogen) atoms. The summed E-state index contributed by atoms with van der Waals surface area (Å²) in [5.41, 5.74) is 3.33. The molecule has 0 atom stereocenters. The number of carbonyl (C=O) groups is 1. The van der Waals surface area contributed by atoms with E-state index in [4.69, 9.17) is 16.3 Å². The Balaban J connectivity index is 1.64. The number of esters is 1. The molecule has 0 aliphatic heterocycles. The molecule has 4 rings (SSSR count). The molecule has 0 bridgehead atoms. The number of hydrogen-bond acceptors (Lipinski definition) is 2. The highest BCUT2D eigenvalue weighted by atomic mass is 35.5. The lowest BCUT2D eigenvalue weighted by Gasteiger charge is -2.09. The molecule has 2 nitrogen and oxygen atoms in total. The van der Waals surface area contributed by atoms with Gasteiger partial charge in [-0.25, -0.2) is 9.18 Å². The van der Waals surface area contributed by atoms with Crippen LogP contribution in [-0.2, 0) is 4.79 Å². The number of halogens is 2. The molecular formula is C26H18ClFO2. The predicted molar refractivity (Wildman–Crippen MR) is 120 cm³/mol. The fraction of sp³-hybridized carbons (Fsp3) is 0.0385. The van der Waals surface area contributed by atoms with E-state index in [2.05, 4.69) is 6.58 Å². The molecule has 0 unspecified atom stereocenters. The molecule has 4 heteroatoms. The van der Waals surface area contributed by atoms with E-state index in [0.29, 0.717) is 21.9 Å². The van der Waals surface area contributed by atoms with Gasteiger partial charge in [0.25, 0.3) is 0 Å². The zero-order valence-electron chi connectivity index (χ0n) is 16.3. The molecule has 0 spiro atoms. The maximum absolute atomic E-state index is 14.8. The van der Waals surface area contributed by atoms with Crippen LogP contribution in [0.5, 0.6) is 5.75 Å². The van der Waals surface area contributed by atoms with Crippen LogP contribution in [0, 0.1) is 5.82 Å². The minimum absolute atomic E-state index is 0.294. The van der Waals surface area contributed by atoms with E-state index < -0.39 is 5.97 Å². The number of rotatable bonds is 4. The largest absolute Gasteiger partial charge is 0.423 e. The van der Waals surface area contributed by atoms with E-state index in [1.807, 2.05) is 30.3 Å². The van der Waals surface area contributed by atoms with Gasteiger partial charge in [0.1, 0.15) is 11.6 Å². The van der Waals surface area contributed by atoms with Gasteiger partial charge in [0.05, 0.1) is 0 Å². The summed E-state index contributed by atoms with van der Waals surface area (Å²) in [6, 6.07) is 23.5. The van der Waals surface area contributed by atoms with Crippen LogP contribution >= 0.6 is 11.6 Å². The third-order valence-corrected chi connectivity index (χ3v) is 5.08. The molecule has 4 aromatic carbocycles. The summed E-state index contributed by atoms with van der Waals surface area (Å²) in [6.45, 7) is 5.19. The van der Waals surface area contributed by atoms with Crippen LogP contribution in [0.4, 0.5) is 4.39 Å². The smallest absolute Gasteiger partial charge is 0.338 e. The molecule has 0 N–H and O–H groups in total. The summed E-state index contributed by atoms with van der Waals surface area (Å²) < 4.78 is 20.1. The van der Waals surface area contributed by atoms with Crippen molar-refractivity contribution in [2.75, 3.05) is 0 Å². The molecule has 0 amide bonds. The van der Waals surface area contributed by atoms with Gasteiger partial charge in [0.2, 0.25) is 0 Å². The second-order valence-corrected chi connectivity index (χ2v) is 7.53. The summed E-state index contributed by atoms with van der Waals surface area (Å²) >= 11 is 5.92. The maximum Gasteiger partial charge on any atom is 0.338 e. The van der Waals surface area contributed by atoms with Crippen LogP contribution in [0.1, 0.15) is 6.92 Å². The fourth-order valence-corrected chi connectivity index (χ4v) is 3.35. The van der Waals surface area contributed by atoms with E-state index in [0.717, 1.165) is 27.5 Å². The van der Waals surface area contributed by atoms with Crippen molar-refractivity contribution in [1.82, 2.24) is 0 Å². The summed E-state index contributed by atoms with van der Waals surface area (Å²) in [6.07, 6.45) is 0. The topological polar surface area (TPSA) is 26.3 Å². The Morgan fingerprint density at radius 3 is 2.13 bits per heavy atom. The lowest BCUT2D eigenvalue weighted by Crippen LogP contribution is -2.07. The van der Waals surface area contributed by atoms with Crippen LogP contribution in [-0.4, -0.2) is 5.97 Å². The standard InChI is InChI=1S/C26H18ClFO2/c1-16(2)26(29)30-23-11-7-19-13-18(3-4-20(19)14-23)21-8-12-24(25(28)15-21)17-5-9-22(27)10-6-17/h3-15H,1H2,2H3. The zero-order chi connectivity index (χ0) is 21.3. The molecular weight excluding hydrogens is 399 g/mol. The van der Waals surface area contributed by atoms with E-state index >= 15 is 0 Å². The van der Waals surface area contributed by atoms with Gasteiger partial charge in [-0.2, -0.15) is 0 Å². The highest BCUT2D eigenvalue weighted by molar-refractivity contribution is 6.30. The Hall–Kier alpha value is -3.43. The van der Waals surface area contributed by atoms with E-state index in [9.17, 15) is 9.18 Å². The predicted octanol–water partition coefficient (Wildman–Crippen LogP) is 7.45. The first-order valence-electron chi connectivity index (χ1n) is 9.38. The summed E-state index contributed by atoms with van der Waals surface area (Å²) in [7, 11) is 0. The van der Waals surface area contributed by atoms with Gasteiger partial charge in [-0.05, 0) is 70.8 Å². The highest BCUT2D eigenvalue weighted by Gasteiger charge is 2.09. The van der Waals surface area contributed by atoms with Gasteiger partial charge >= 0.3 is 5.97 Å². The van der Waals surface area contributed by atoms with Crippen molar-refractivity contribution < 1.29 is 13.9 Å². The Morgan fingerprint density at radius 1 is 0.833 bits per heavy atom. The zero-order valence-corrected chi connectivity index (χ0v) is 17.0. The quantitative estimate of drug-likeness (QED) is 0.196. The molecule has 0 heterocycles. The summed E-state index contributed by atoms with van der Waals surface area (Å²) in [5.74, 6) is -0.291. The minimum Gasteiger partial charge on any atom is -0.423 e. The molecule has 4 aromatic rings. The number of benzene rings is 4. The maximum atomic E-state index is 14.8. The van der Waals surface area contributed by atoms with Crippen molar-refractivity contribution in [3.05, 3.63) is 102 Å². The lowest BCUT2D eigenvalue weighted by atomic mass is 9.98. The minimum atomic E-state index is -0.456. The van der Waals surface area contributed by atoms with Gasteiger partial charge in [0.15, 0.2) is 0 Å². The normalized spacial score (nSPS) is 10.8. The van der Waals surface area contributed by atoms with Crippen molar-refractivity contribution in [2.24, 2.45) is 0 Å².